The Morgan fingerprint density at radius 1 is 0.500 bits per heavy atom. The van der Waals surface area contributed by atoms with Crippen LogP contribution in [0.5, 0.6) is 0 Å². The lowest BCUT2D eigenvalue weighted by Gasteiger charge is -2.33. The number of likely N-dealkylation sites (N-methyl/N-ethyl adjacent to an activating group) is 2. The Labute approximate surface area is 332 Å². The largest absolute Gasteiger partial charge is 0.391 e. The quantitative estimate of drug-likeness (QED) is 0.0225. The van der Waals surface area contributed by atoms with Crippen LogP contribution in [0.25, 0.3) is 0 Å². The van der Waals surface area contributed by atoms with E-state index in [9.17, 15) is 20.4 Å². The second-order valence-electron chi connectivity index (χ2n) is 14.4. The highest BCUT2D eigenvalue weighted by Gasteiger charge is 2.21. The van der Waals surface area contributed by atoms with E-state index in [1.54, 1.807) is 5.57 Å². The van der Waals surface area contributed by atoms with Crippen molar-refractivity contribution in [3.63, 3.8) is 0 Å². The van der Waals surface area contributed by atoms with Gasteiger partial charge in [0.25, 0.3) is 0 Å². The second kappa shape index (κ2) is 37.2. The summed E-state index contributed by atoms with van der Waals surface area (Å²) < 4.78 is 1.53. The van der Waals surface area contributed by atoms with Crippen molar-refractivity contribution in [1.29, 1.82) is 0 Å². The monoisotopic (exact) mass is 908 g/mol. The van der Waals surface area contributed by atoms with Gasteiger partial charge in [-0.1, -0.05) is 94.7 Å². The molecule has 0 aromatic rings. The van der Waals surface area contributed by atoms with Crippen LogP contribution in [0.3, 0.4) is 0 Å². The third-order valence-corrected chi connectivity index (χ3v) is 9.98. The summed E-state index contributed by atoms with van der Waals surface area (Å²) in [5, 5.41) is 37.9. The van der Waals surface area contributed by atoms with Gasteiger partial charge >= 0.3 is 0 Å². The summed E-state index contributed by atoms with van der Waals surface area (Å²) in [5.41, 5.74) is 1.68. The molecule has 1 unspecified atom stereocenters. The van der Waals surface area contributed by atoms with Crippen LogP contribution in [0.1, 0.15) is 136 Å². The lowest BCUT2D eigenvalue weighted by Crippen LogP contribution is -2.48. The number of allylic oxidation sites excluding steroid dienone is 6. The molecule has 0 aliphatic heterocycles. The summed E-state index contributed by atoms with van der Waals surface area (Å²) in [6.07, 6.45) is 35.3. The number of rotatable bonds is 34. The highest BCUT2D eigenvalue weighted by atomic mass is 127. The highest BCUT2D eigenvalue weighted by Crippen LogP contribution is 2.29. The molecule has 0 heterocycles. The SMILES string of the molecule is CCCC/C=C/C/C=C(/CCCCCC[N+](C)(CCO)CCO)C(CC/C=C/CCCC)CCCCCC[N+](C)(CCO)CCO.I.I. The number of aliphatic hydroxyl groups excluding tert-OH is 4. The summed E-state index contributed by atoms with van der Waals surface area (Å²) in [6, 6.07) is 0. The summed E-state index contributed by atoms with van der Waals surface area (Å²) >= 11 is 0. The van der Waals surface area contributed by atoms with Crippen molar-refractivity contribution in [1.82, 2.24) is 0 Å². The first-order valence-electron chi connectivity index (χ1n) is 19.4. The molecule has 4 N–H and O–H groups in total. The van der Waals surface area contributed by atoms with Crippen molar-refractivity contribution in [2.24, 2.45) is 5.92 Å². The average Bonchev–Trinajstić information content (AvgIpc) is 3.02. The van der Waals surface area contributed by atoms with Gasteiger partial charge in [0, 0.05) is 0 Å². The van der Waals surface area contributed by atoms with Crippen LogP contribution in [0.2, 0.25) is 0 Å². The fourth-order valence-corrected chi connectivity index (χ4v) is 6.65. The Balaban J connectivity index is -0.0000101. The molecule has 0 radical (unpaired) electrons. The molecule has 0 spiro atoms. The molecule has 0 aliphatic rings. The van der Waals surface area contributed by atoms with Gasteiger partial charge in [0.05, 0.1) is 53.6 Å². The zero-order chi connectivity index (χ0) is 34.2. The molecular weight excluding hydrogens is 826 g/mol. The van der Waals surface area contributed by atoms with Gasteiger partial charge in [-0.05, 0) is 83.0 Å². The van der Waals surface area contributed by atoms with E-state index in [1.807, 2.05) is 0 Å². The van der Waals surface area contributed by atoms with E-state index < -0.39 is 0 Å². The van der Waals surface area contributed by atoms with Crippen molar-refractivity contribution < 1.29 is 29.4 Å². The molecule has 1 atom stereocenters. The molecule has 0 saturated heterocycles. The number of hydrogen-bond acceptors (Lipinski definition) is 4. The minimum Gasteiger partial charge on any atom is -0.391 e. The van der Waals surface area contributed by atoms with Crippen LogP contribution in [-0.2, 0) is 0 Å². The molecule has 288 valence electrons. The molecule has 0 aliphatic carbocycles. The maximum absolute atomic E-state index is 9.48. The second-order valence-corrected chi connectivity index (χ2v) is 14.4. The van der Waals surface area contributed by atoms with E-state index in [4.69, 9.17) is 0 Å². The molecule has 0 amide bonds. The van der Waals surface area contributed by atoms with E-state index in [1.165, 1.54) is 103 Å². The Kier molecular flexibility index (Phi) is 40.9. The third-order valence-electron chi connectivity index (χ3n) is 9.98. The molecular formula is C40H82I2N2O4+2. The molecule has 0 aromatic carbocycles. The minimum atomic E-state index is 0. The zero-order valence-electron chi connectivity index (χ0n) is 32.0. The average molecular weight is 909 g/mol. The van der Waals surface area contributed by atoms with Crippen molar-refractivity contribution in [2.75, 3.05) is 79.8 Å². The Morgan fingerprint density at radius 3 is 1.42 bits per heavy atom. The van der Waals surface area contributed by atoms with Crippen molar-refractivity contribution in [3.8, 4) is 0 Å². The number of halogens is 2. The fourth-order valence-electron chi connectivity index (χ4n) is 6.65. The van der Waals surface area contributed by atoms with Crippen LogP contribution in [0.15, 0.2) is 36.0 Å². The predicted octanol–water partition coefficient (Wildman–Crippen LogP) is 9.19. The summed E-state index contributed by atoms with van der Waals surface area (Å²) in [4.78, 5) is 0. The number of unbranched alkanes of at least 4 members (excludes halogenated alkanes) is 10. The summed E-state index contributed by atoms with van der Waals surface area (Å²) in [7, 11) is 4.32. The number of aliphatic hydroxyl groups is 4. The van der Waals surface area contributed by atoms with Gasteiger partial charge in [-0.15, -0.1) is 48.0 Å². The van der Waals surface area contributed by atoms with Crippen LogP contribution < -0.4 is 0 Å². The van der Waals surface area contributed by atoms with Crippen LogP contribution in [0.4, 0.5) is 0 Å². The Morgan fingerprint density at radius 2 is 0.938 bits per heavy atom. The molecule has 8 heteroatoms. The van der Waals surface area contributed by atoms with Crippen LogP contribution in [0, 0.1) is 5.92 Å². The number of nitrogens with zero attached hydrogens (tertiary/aromatic N) is 2. The molecule has 0 rings (SSSR count). The lowest BCUT2D eigenvalue weighted by atomic mass is 9.85. The van der Waals surface area contributed by atoms with Crippen LogP contribution in [-0.4, -0.2) is 109 Å². The molecule has 48 heavy (non-hydrogen) atoms. The molecule has 6 nitrogen and oxygen atoms in total. The molecule has 0 fully saturated rings. The van der Waals surface area contributed by atoms with Gasteiger partial charge in [0.15, 0.2) is 0 Å². The van der Waals surface area contributed by atoms with E-state index >= 15 is 0 Å². The first-order chi connectivity index (χ1) is 22.3. The van der Waals surface area contributed by atoms with E-state index in [0.717, 1.165) is 67.5 Å². The van der Waals surface area contributed by atoms with Crippen LogP contribution >= 0.6 is 48.0 Å². The lowest BCUT2D eigenvalue weighted by molar-refractivity contribution is -0.910. The highest BCUT2D eigenvalue weighted by molar-refractivity contribution is 14.0. The Bertz CT molecular complexity index is 752. The van der Waals surface area contributed by atoms with Gasteiger partial charge < -0.3 is 29.4 Å². The van der Waals surface area contributed by atoms with Crippen molar-refractivity contribution >= 4 is 48.0 Å². The molecule has 0 bridgehead atoms. The van der Waals surface area contributed by atoms with Gasteiger partial charge in [-0.3, -0.25) is 0 Å². The minimum absolute atomic E-state index is 0. The predicted molar refractivity (Wildman–Crippen MR) is 230 cm³/mol. The third kappa shape index (κ3) is 30.1. The fraction of sp³-hybridized carbons (Fsp3) is 0.850. The van der Waals surface area contributed by atoms with Gasteiger partial charge in [0.2, 0.25) is 0 Å². The van der Waals surface area contributed by atoms with Gasteiger partial charge in [-0.2, -0.15) is 0 Å². The maximum Gasteiger partial charge on any atom is 0.102 e. The molecule has 0 aromatic heterocycles. The normalized spacial score (nSPS) is 13.3. The smallest absolute Gasteiger partial charge is 0.102 e. The number of quaternary nitrogens is 2. The van der Waals surface area contributed by atoms with E-state index in [2.05, 4.69) is 58.3 Å². The summed E-state index contributed by atoms with van der Waals surface area (Å²) in [6.45, 7) is 10.2. The van der Waals surface area contributed by atoms with Crippen molar-refractivity contribution in [3.05, 3.63) is 36.0 Å². The van der Waals surface area contributed by atoms with Gasteiger partial charge in [0.1, 0.15) is 26.2 Å². The first-order valence-corrected chi connectivity index (χ1v) is 19.4. The molecule has 0 saturated carbocycles. The summed E-state index contributed by atoms with van der Waals surface area (Å²) in [5.74, 6) is 0.652. The zero-order valence-corrected chi connectivity index (χ0v) is 36.6. The Hall–Kier alpha value is 0.440. The maximum atomic E-state index is 9.48. The van der Waals surface area contributed by atoms with E-state index in [0.29, 0.717) is 5.92 Å². The van der Waals surface area contributed by atoms with E-state index in [-0.39, 0.29) is 74.4 Å². The van der Waals surface area contributed by atoms with Gasteiger partial charge in [-0.25, -0.2) is 0 Å². The van der Waals surface area contributed by atoms with Crippen molar-refractivity contribution in [2.45, 2.75) is 136 Å². The topological polar surface area (TPSA) is 80.9 Å². The standard InChI is InChI=1S/C40H80N2O4.2HI/c1-5-7-9-11-13-19-25-39(27-21-15-17-23-29-41(3,31-35-43)32-36-44)40(26-20-14-12-10-8-6-2)28-22-16-18-24-30-42(4,33-37-45)34-38-46;;/h11-14,25,40,43-46H,5-10,15-24,26-38H2,1-4H3;2*1H/q+2;;/b13-11+,14-12+,39-25-;;. The number of hydrogen-bond donors (Lipinski definition) is 4. The first kappa shape index (κ1) is 52.8.